The van der Waals surface area contributed by atoms with Crippen molar-refractivity contribution in [2.75, 3.05) is 0 Å². The lowest BCUT2D eigenvalue weighted by Gasteiger charge is -2.21. The zero-order valence-corrected chi connectivity index (χ0v) is 24.5. The molecule has 2 aliphatic rings. The Bertz CT molecular complexity index is 1010. The van der Waals surface area contributed by atoms with Crippen LogP contribution in [0.5, 0.6) is 0 Å². The van der Waals surface area contributed by atoms with Crippen LogP contribution in [0.1, 0.15) is 131 Å². The number of hydrogen-bond donors (Lipinski definition) is 0. The van der Waals surface area contributed by atoms with Gasteiger partial charge in [0.2, 0.25) is 0 Å². The minimum absolute atomic E-state index is 0.659. The molecule has 0 N–H and O–H groups in total. The van der Waals surface area contributed by atoms with Gasteiger partial charge in [0.1, 0.15) is 0 Å². The highest BCUT2D eigenvalue weighted by Gasteiger charge is 2.15. The fourth-order valence-electron chi connectivity index (χ4n) is 5.38. The molecule has 0 aromatic heterocycles. The molecule has 0 aliphatic heterocycles. The highest BCUT2D eigenvalue weighted by atomic mass is 14.2. The number of fused-ring (bicyclic) bond motifs is 2. The van der Waals surface area contributed by atoms with Crippen LogP contribution in [0.4, 0.5) is 0 Å². The molecule has 0 heterocycles. The molecular formula is C36H52. The minimum atomic E-state index is 0.659. The first-order valence-corrected chi connectivity index (χ1v) is 14.6. The SMILES string of the molecule is CC.CC(C)c1cccc2c1CCC2.CC(C)c1cccc2c1CCCC2.CC(C)c1ccccc1. The molecule has 5 rings (SSSR count). The average Bonchev–Trinajstić information content (AvgIpc) is 3.40. The summed E-state index contributed by atoms with van der Waals surface area (Å²) in [6.45, 7) is 17.6. The lowest BCUT2D eigenvalue weighted by molar-refractivity contribution is 0.670. The summed E-state index contributed by atoms with van der Waals surface area (Å²) in [6, 6.07) is 24.1. The summed E-state index contributed by atoms with van der Waals surface area (Å²) in [5, 5.41) is 0. The first-order chi connectivity index (χ1) is 17.4. The average molecular weight is 485 g/mol. The maximum Gasteiger partial charge on any atom is -0.0216 e. The molecular weight excluding hydrogens is 432 g/mol. The van der Waals surface area contributed by atoms with Gasteiger partial charge in [-0.05, 0) is 102 Å². The fraction of sp³-hybridized carbons (Fsp3) is 0.500. The van der Waals surface area contributed by atoms with Crippen LogP contribution in [-0.4, -0.2) is 0 Å². The van der Waals surface area contributed by atoms with Crippen LogP contribution >= 0.6 is 0 Å². The lowest BCUT2D eigenvalue weighted by atomic mass is 9.85. The second kappa shape index (κ2) is 15.7. The number of benzene rings is 3. The van der Waals surface area contributed by atoms with Crippen LogP contribution in [0.25, 0.3) is 0 Å². The van der Waals surface area contributed by atoms with Crippen LogP contribution in [0.2, 0.25) is 0 Å². The summed E-state index contributed by atoms with van der Waals surface area (Å²) in [7, 11) is 0. The van der Waals surface area contributed by atoms with Crippen molar-refractivity contribution >= 4 is 0 Å². The first-order valence-electron chi connectivity index (χ1n) is 14.6. The van der Waals surface area contributed by atoms with Crippen LogP contribution < -0.4 is 0 Å². The minimum Gasteiger partial charge on any atom is -0.0683 e. The highest BCUT2D eigenvalue weighted by molar-refractivity contribution is 5.40. The molecule has 3 aromatic rings. The normalized spacial score (nSPS) is 13.5. The summed E-state index contributed by atoms with van der Waals surface area (Å²) in [4.78, 5) is 0. The van der Waals surface area contributed by atoms with Gasteiger partial charge in [-0.1, -0.05) is 122 Å². The Balaban J connectivity index is 0.000000187. The number of aryl methyl sites for hydroxylation is 2. The molecule has 0 saturated heterocycles. The van der Waals surface area contributed by atoms with Crippen molar-refractivity contribution in [2.24, 2.45) is 0 Å². The Hall–Kier alpha value is -2.34. The molecule has 0 nitrogen and oxygen atoms in total. The van der Waals surface area contributed by atoms with Crippen LogP contribution in [0.15, 0.2) is 66.7 Å². The van der Waals surface area contributed by atoms with Crippen molar-refractivity contribution in [3.05, 3.63) is 106 Å². The van der Waals surface area contributed by atoms with Gasteiger partial charge >= 0.3 is 0 Å². The van der Waals surface area contributed by atoms with E-state index in [2.05, 4.69) is 102 Å². The van der Waals surface area contributed by atoms with E-state index in [1.165, 1.54) is 50.5 Å². The standard InChI is InChI=1S/C13H18.C12H16.C9H12.C2H6/c1-10(2)12-9-5-7-11-6-3-4-8-13(11)12;1-9(2)11-7-3-5-10-6-4-8-12(10)11;1-8(2)9-6-4-3-5-7-9;1-2/h5,7,9-10H,3-4,6,8H2,1-2H3;3,5,7,9H,4,6,8H2,1-2H3;3-8H,1-2H3;1-2H3. The third-order valence-electron chi connectivity index (χ3n) is 7.32. The van der Waals surface area contributed by atoms with Gasteiger partial charge in [0.15, 0.2) is 0 Å². The van der Waals surface area contributed by atoms with Crippen molar-refractivity contribution in [1.29, 1.82) is 0 Å². The van der Waals surface area contributed by atoms with Gasteiger partial charge in [-0.25, -0.2) is 0 Å². The van der Waals surface area contributed by atoms with Gasteiger partial charge in [-0.15, -0.1) is 0 Å². The van der Waals surface area contributed by atoms with Gasteiger partial charge in [-0.2, -0.15) is 0 Å². The van der Waals surface area contributed by atoms with E-state index in [0.717, 1.165) is 0 Å². The van der Waals surface area contributed by atoms with Crippen molar-refractivity contribution in [2.45, 2.75) is 118 Å². The quantitative estimate of drug-likeness (QED) is 0.347. The monoisotopic (exact) mass is 484 g/mol. The van der Waals surface area contributed by atoms with Crippen LogP contribution in [-0.2, 0) is 25.7 Å². The van der Waals surface area contributed by atoms with E-state index in [-0.39, 0.29) is 0 Å². The van der Waals surface area contributed by atoms with Gasteiger partial charge in [-0.3, -0.25) is 0 Å². The van der Waals surface area contributed by atoms with E-state index < -0.39 is 0 Å². The van der Waals surface area contributed by atoms with E-state index >= 15 is 0 Å². The Morgan fingerprint density at radius 1 is 0.444 bits per heavy atom. The highest BCUT2D eigenvalue weighted by Crippen LogP contribution is 2.30. The molecule has 3 aromatic carbocycles. The van der Waals surface area contributed by atoms with Crippen molar-refractivity contribution in [3.63, 3.8) is 0 Å². The fourth-order valence-corrected chi connectivity index (χ4v) is 5.38. The van der Waals surface area contributed by atoms with E-state index in [1.807, 2.05) is 19.9 Å². The van der Waals surface area contributed by atoms with Crippen LogP contribution in [0.3, 0.4) is 0 Å². The Kier molecular flexibility index (Phi) is 13.0. The van der Waals surface area contributed by atoms with E-state index in [0.29, 0.717) is 17.8 Å². The molecule has 0 heteroatoms. The Morgan fingerprint density at radius 2 is 0.889 bits per heavy atom. The van der Waals surface area contributed by atoms with Gasteiger partial charge in [0.25, 0.3) is 0 Å². The number of rotatable bonds is 3. The zero-order valence-electron chi connectivity index (χ0n) is 24.5. The summed E-state index contributed by atoms with van der Waals surface area (Å²) in [5.74, 6) is 2.04. The molecule has 2 aliphatic carbocycles. The largest absolute Gasteiger partial charge is 0.0683 e. The third-order valence-corrected chi connectivity index (χ3v) is 7.32. The molecule has 0 atom stereocenters. The Labute approximate surface area is 223 Å². The molecule has 0 unspecified atom stereocenters. The van der Waals surface area contributed by atoms with Gasteiger partial charge in [0.05, 0.1) is 0 Å². The summed E-state index contributed by atoms with van der Waals surface area (Å²) < 4.78 is 0. The van der Waals surface area contributed by atoms with Gasteiger partial charge < -0.3 is 0 Å². The molecule has 36 heavy (non-hydrogen) atoms. The van der Waals surface area contributed by atoms with Crippen molar-refractivity contribution in [3.8, 4) is 0 Å². The summed E-state index contributed by atoms with van der Waals surface area (Å²) >= 11 is 0. The molecule has 0 amide bonds. The Morgan fingerprint density at radius 3 is 1.33 bits per heavy atom. The molecule has 0 bridgehead atoms. The summed E-state index contributed by atoms with van der Waals surface area (Å²) in [5.41, 5.74) is 11.1. The van der Waals surface area contributed by atoms with E-state index in [4.69, 9.17) is 0 Å². The third kappa shape index (κ3) is 8.65. The second-order valence-electron chi connectivity index (χ2n) is 10.9. The summed E-state index contributed by atoms with van der Waals surface area (Å²) in [6.07, 6.45) is 9.35. The van der Waals surface area contributed by atoms with Gasteiger partial charge in [0, 0.05) is 0 Å². The molecule has 0 radical (unpaired) electrons. The van der Waals surface area contributed by atoms with Crippen molar-refractivity contribution < 1.29 is 0 Å². The molecule has 0 fully saturated rings. The van der Waals surface area contributed by atoms with E-state index in [1.54, 1.807) is 33.4 Å². The molecule has 0 saturated carbocycles. The lowest BCUT2D eigenvalue weighted by Crippen LogP contribution is -2.06. The zero-order chi connectivity index (χ0) is 26.5. The molecule has 196 valence electrons. The van der Waals surface area contributed by atoms with E-state index in [9.17, 15) is 0 Å². The topological polar surface area (TPSA) is 0 Å². The predicted molar refractivity (Wildman–Crippen MR) is 162 cm³/mol. The first kappa shape index (κ1) is 29.9. The maximum atomic E-state index is 2.31. The number of hydrogen-bond acceptors (Lipinski definition) is 0. The molecule has 0 spiro atoms. The predicted octanol–water partition coefficient (Wildman–Crippen LogP) is 10.8. The van der Waals surface area contributed by atoms with Crippen molar-refractivity contribution in [1.82, 2.24) is 0 Å². The smallest absolute Gasteiger partial charge is 0.0216 e. The maximum absolute atomic E-state index is 2.31. The van der Waals surface area contributed by atoms with Crippen LogP contribution in [0, 0.1) is 0 Å². The second-order valence-corrected chi connectivity index (χ2v) is 10.9.